The van der Waals surface area contributed by atoms with E-state index in [1.165, 1.54) is 11.1 Å². The molecule has 5 heteroatoms. The lowest BCUT2D eigenvalue weighted by Crippen LogP contribution is -2.37. The maximum Gasteiger partial charge on any atom is 0.260 e. The van der Waals surface area contributed by atoms with Crippen molar-refractivity contribution in [3.8, 4) is 0 Å². The molecule has 1 amide bonds. The molecule has 1 atom stereocenters. The highest BCUT2D eigenvalue weighted by Crippen LogP contribution is 2.33. The van der Waals surface area contributed by atoms with Crippen LogP contribution in [0.25, 0.3) is 21.0 Å². The summed E-state index contributed by atoms with van der Waals surface area (Å²) in [5.74, 6) is -0.0187. The average molecular weight is 417 g/mol. The zero-order valence-corrected chi connectivity index (χ0v) is 18.0. The van der Waals surface area contributed by atoms with Gasteiger partial charge in [-0.15, -0.1) is 0 Å². The highest BCUT2D eigenvalue weighted by Gasteiger charge is 2.28. The van der Waals surface area contributed by atoms with Crippen LogP contribution in [-0.2, 0) is 4.74 Å². The van der Waals surface area contributed by atoms with Crippen molar-refractivity contribution in [3.63, 3.8) is 0 Å². The van der Waals surface area contributed by atoms with Crippen LogP contribution in [0.3, 0.4) is 0 Å². The third kappa shape index (κ3) is 3.48. The summed E-state index contributed by atoms with van der Waals surface area (Å²) >= 11 is 1.58. The van der Waals surface area contributed by atoms with E-state index in [2.05, 4.69) is 26.0 Å². The van der Waals surface area contributed by atoms with Crippen LogP contribution < -0.4 is 4.90 Å². The Kier molecular flexibility index (Phi) is 5.01. The van der Waals surface area contributed by atoms with Crippen LogP contribution in [0.2, 0.25) is 0 Å². The van der Waals surface area contributed by atoms with Crippen molar-refractivity contribution in [2.45, 2.75) is 32.8 Å². The minimum atomic E-state index is -0.0187. The van der Waals surface area contributed by atoms with E-state index >= 15 is 0 Å². The highest BCUT2D eigenvalue weighted by atomic mass is 32.1. The zero-order chi connectivity index (χ0) is 20.7. The maximum absolute atomic E-state index is 13.8. The number of anilines is 1. The van der Waals surface area contributed by atoms with E-state index in [1.807, 2.05) is 47.4 Å². The molecular formula is C25H24N2O2S. The SMILES string of the molecule is Cc1cc2nc(N(CC3CCCO3)C(=O)c3cccc4ccccc34)sc2cc1C. The first-order chi connectivity index (χ1) is 14.6. The fourth-order valence-electron chi connectivity index (χ4n) is 4.08. The summed E-state index contributed by atoms with van der Waals surface area (Å²) < 4.78 is 6.98. The number of rotatable bonds is 4. The van der Waals surface area contributed by atoms with Gasteiger partial charge in [-0.3, -0.25) is 9.69 Å². The molecule has 2 heterocycles. The monoisotopic (exact) mass is 416 g/mol. The van der Waals surface area contributed by atoms with Crippen LogP contribution in [0.1, 0.15) is 34.3 Å². The van der Waals surface area contributed by atoms with Crippen molar-refractivity contribution in [1.82, 2.24) is 4.98 Å². The van der Waals surface area contributed by atoms with Crippen LogP contribution >= 0.6 is 11.3 Å². The van der Waals surface area contributed by atoms with Crippen LogP contribution in [0.4, 0.5) is 5.13 Å². The van der Waals surface area contributed by atoms with Crippen molar-refractivity contribution in [1.29, 1.82) is 0 Å². The first-order valence-electron chi connectivity index (χ1n) is 10.4. The van der Waals surface area contributed by atoms with Gasteiger partial charge in [-0.1, -0.05) is 47.7 Å². The minimum absolute atomic E-state index is 0.0187. The van der Waals surface area contributed by atoms with E-state index in [-0.39, 0.29) is 12.0 Å². The van der Waals surface area contributed by atoms with Gasteiger partial charge in [-0.25, -0.2) is 4.98 Å². The molecule has 1 aliphatic heterocycles. The lowest BCUT2D eigenvalue weighted by atomic mass is 10.0. The first-order valence-corrected chi connectivity index (χ1v) is 11.2. The number of ether oxygens (including phenoxy) is 1. The third-order valence-corrected chi connectivity index (χ3v) is 6.94. The molecule has 152 valence electrons. The predicted octanol–water partition coefficient (Wildman–Crippen LogP) is 5.89. The number of fused-ring (bicyclic) bond motifs is 2. The summed E-state index contributed by atoms with van der Waals surface area (Å²) in [6.45, 7) is 5.50. The Morgan fingerprint density at radius 2 is 1.93 bits per heavy atom. The van der Waals surface area contributed by atoms with Gasteiger partial charge in [-0.05, 0) is 66.8 Å². The van der Waals surface area contributed by atoms with Crippen LogP contribution in [-0.4, -0.2) is 30.1 Å². The summed E-state index contributed by atoms with van der Waals surface area (Å²) in [7, 11) is 0. The summed E-state index contributed by atoms with van der Waals surface area (Å²) in [6, 6.07) is 18.2. The Morgan fingerprint density at radius 3 is 2.77 bits per heavy atom. The molecule has 30 heavy (non-hydrogen) atoms. The molecule has 0 N–H and O–H groups in total. The molecule has 0 aliphatic carbocycles. The molecule has 1 saturated heterocycles. The molecule has 0 spiro atoms. The van der Waals surface area contributed by atoms with E-state index in [0.717, 1.165) is 45.6 Å². The number of thiazole rings is 1. The summed E-state index contributed by atoms with van der Waals surface area (Å²) in [6.07, 6.45) is 2.07. The van der Waals surface area contributed by atoms with Gasteiger partial charge >= 0.3 is 0 Å². The second-order valence-corrected chi connectivity index (χ2v) is 8.99. The molecule has 0 saturated carbocycles. The standard InChI is InChI=1S/C25H24N2O2S/c1-16-13-22-23(14-17(16)2)30-25(26-22)27(15-19-9-6-12-29-19)24(28)21-11-5-8-18-7-3-4-10-20(18)21/h3-5,7-8,10-11,13-14,19H,6,9,12,15H2,1-2H3. The van der Waals surface area contributed by atoms with Crippen molar-refractivity contribution in [3.05, 3.63) is 71.3 Å². The van der Waals surface area contributed by atoms with Gasteiger partial charge < -0.3 is 4.74 Å². The Balaban J connectivity index is 1.60. The number of amides is 1. The molecule has 4 nitrogen and oxygen atoms in total. The van der Waals surface area contributed by atoms with Crippen molar-refractivity contribution in [2.75, 3.05) is 18.1 Å². The topological polar surface area (TPSA) is 42.4 Å². The quantitative estimate of drug-likeness (QED) is 0.416. The lowest BCUT2D eigenvalue weighted by molar-refractivity contribution is 0.0919. The van der Waals surface area contributed by atoms with E-state index in [0.29, 0.717) is 12.1 Å². The van der Waals surface area contributed by atoms with Crippen LogP contribution in [0.5, 0.6) is 0 Å². The fraction of sp³-hybridized carbons (Fsp3) is 0.280. The van der Waals surface area contributed by atoms with Crippen LogP contribution in [0.15, 0.2) is 54.6 Å². The number of carbonyl (C=O) groups excluding carboxylic acids is 1. The van der Waals surface area contributed by atoms with Crippen molar-refractivity contribution in [2.24, 2.45) is 0 Å². The summed E-state index contributed by atoms with van der Waals surface area (Å²) in [4.78, 5) is 20.5. The lowest BCUT2D eigenvalue weighted by Gasteiger charge is -2.23. The van der Waals surface area contributed by atoms with Gasteiger partial charge in [0.2, 0.25) is 0 Å². The van der Waals surface area contributed by atoms with Gasteiger partial charge in [-0.2, -0.15) is 0 Å². The predicted molar refractivity (Wildman–Crippen MR) is 124 cm³/mol. The first kappa shape index (κ1) is 19.2. The van der Waals surface area contributed by atoms with E-state index in [9.17, 15) is 4.79 Å². The fourth-order valence-corrected chi connectivity index (χ4v) is 5.13. The molecule has 1 aromatic heterocycles. The number of benzene rings is 3. The Bertz CT molecular complexity index is 1200. The summed E-state index contributed by atoms with van der Waals surface area (Å²) in [5, 5.41) is 2.77. The van der Waals surface area contributed by atoms with Gasteiger partial charge in [0.25, 0.3) is 5.91 Å². The van der Waals surface area contributed by atoms with Gasteiger partial charge in [0.15, 0.2) is 5.13 Å². The van der Waals surface area contributed by atoms with Gasteiger partial charge in [0, 0.05) is 12.2 Å². The van der Waals surface area contributed by atoms with Gasteiger partial charge in [0.05, 0.1) is 22.9 Å². The van der Waals surface area contributed by atoms with Crippen LogP contribution in [0, 0.1) is 13.8 Å². The average Bonchev–Trinajstić information content (AvgIpc) is 3.41. The molecule has 3 aromatic carbocycles. The van der Waals surface area contributed by atoms with E-state index < -0.39 is 0 Å². The van der Waals surface area contributed by atoms with E-state index in [4.69, 9.17) is 9.72 Å². The maximum atomic E-state index is 13.8. The number of carbonyl (C=O) groups is 1. The number of aryl methyl sites for hydroxylation is 2. The molecule has 1 aliphatic rings. The number of aromatic nitrogens is 1. The molecule has 0 bridgehead atoms. The third-order valence-electron chi connectivity index (χ3n) is 5.90. The van der Waals surface area contributed by atoms with Crippen molar-refractivity contribution < 1.29 is 9.53 Å². The second-order valence-electron chi connectivity index (χ2n) is 7.98. The van der Waals surface area contributed by atoms with Crippen molar-refractivity contribution >= 4 is 43.4 Å². The molecule has 0 radical (unpaired) electrons. The number of hydrogen-bond acceptors (Lipinski definition) is 4. The smallest absolute Gasteiger partial charge is 0.260 e. The molecular weight excluding hydrogens is 392 g/mol. The molecule has 1 fully saturated rings. The molecule has 5 rings (SSSR count). The normalized spacial score (nSPS) is 16.4. The zero-order valence-electron chi connectivity index (χ0n) is 17.2. The largest absolute Gasteiger partial charge is 0.376 e. The Hall–Kier alpha value is -2.76. The molecule has 4 aromatic rings. The Morgan fingerprint density at radius 1 is 1.13 bits per heavy atom. The van der Waals surface area contributed by atoms with E-state index in [1.54, 1.807) is 11.3 Å². The summed E-state index contributed by atoms with van der Waals surface area (Å²) in [5.41, 5.74) is 4.10. The number of nitrogens with zero attached hydrogens (tertiary/aromatic N) is 2. The highest BCUT2D eigenvalue weighted by molar-refractivity contribution is 7.22. The minimum Gasteiger partial charge on any atom is -0.376 e. The second kappa shape index (κ2) is 7.82. The Labute approximate surface area is 180 Å². The van der Waals surface area contributed by atoms with Gasteiger partial charge in [0.1, 0.15) is 0 Å². The number of hydrogen-bond donors (Lipinski definition) is 0. The molecule has 1 unspecified atom stereocenters.